The Hall–Kier alpha value is -4.11. The number of Topliss-reactive ketones (excluding diaryl/α,β-unsaturated/α-hetero) is 2. The van der Waals surface area contributed by atoms with Gasteiger partial charge >= 0.3 is 0 Å². The van der Waals surface area contributed by atoms with Gasteiger partial charge in [0.25, 0.3) is 0 Å². The van der Waals surface area contributed by atoms with Crippen LogP contribution in [0.1, 0.15) is 115 Å². The highest BCUT2D eigenvalue weighted by Gasteiger charge is 2.50. The van der Waals surface area contributed by atoms with Crippen LogP contribution in [0, 0.1) is 23.2 Å². The number of nitrogens with zero attached hydrogens (tertiary/aromatic N) is 5. The Bertz CT molecular complexity index is 1940. The second-order valence-electron chi connectivity index (χ2n) is 17.8. The SMILES string of the molecule is CC1=CC(C)=C(CCC(=O)c2cc(-c3ccc(N4CCN(CCNC(=O)CCC56CC7CC(CC(C7)C5)C6)CC4)nc3)cc3c2cnn3C(C)C)C(=O)C1. The van der Waals surface area contributed by atoms with E-state index in [4.69, 9.17) is 4.98 Å². The fourth-order valence-electron chi connectivity index (χ4n) is 11.1. The predicted octanol–water partition coefficient (Wildman–Crippen LogP) is 8.11. The van der Waals surface area contributed by atoms with Gasteiger partial charge in [0.15, 0.2) is 11.6 Å². The van der Waals surface area contributed by atoms with Crippen molar-refractivity contribution >= 4 is 34.2 Å². The summed E-state index contributed by atoms with van der Waals surface area (Å²) in [5.41, 5.74) is 6.72. The first-order chi connectivity index (χ1) is 26.0. The third-order valence-corrected chi connectivity index (χ3v) is 13.4. The fourth-order valence-corrected chi connectivity index (χ4v) is 11.1. The lowest BCUT2D eigenvalue weighted by Gasteiger charge is -2.57. The summed E-state index contributed by atoms with van der Waals surface area (Å²) in [4.78, 5) is 49.1. The van der Waals surface area contributed by atoms with Gasteiger partial charge in [-0.15, -0.1) is 0 Å². The molecule has 3 aromatic rings. The number of amides is 1. The van der Waals surface area contributed by atoms with Crippen LogP contribution in [0.3, 0.4) is 0 Å². The molecule has 0 unspecified atom stereocenters. The summed E-state index contributed by atoms with van der Waals surface area (Å²) in [5, 5.41) is 8.72. The Kier molecular flexibility index (Phi) is 10.4. The minimum atomic E-state index is 0.0177. The number of aromatic nitrogens is 3. The lowest BCUT2D eigenvalue weighted by atomic mass is 9.48. The zero-order valence-electron chi connectivity index (χ0n) is 32.8. The molecular weight excluding hydrogens is 673 g/mol. The Balaban J connectivity index is 0.856. The van der Waals surface area contributed by atoms with Crippen LogP contribution < -0.4 is 10.2 Å². The van der Waals surface area contributed by atoms with Crippen LogP contribution in [0.5, 0.6) is 0 Å². The second kappa shape index (κ2) is 15.2. The molecular formula is C45H58N6O3. The predicted molar refractivity (Wildman–Crippen MR) is 214 cm³/mol. The van der Waals surface area contributed by atoms with Gasteiger partial charge in [-0.2, -0.15) is 5.10 Å². The highest BCUT2D eigenvalue weighted by Crippen LogP contribution is 2.61. The summed E-state index contributed by atoms with van der Waals surface area (Å²) >= 11 is 0. The molecule has 0 radical (unpaired) electrons. The van der Waals surface area contributed by atoms with Crippen LogP contribution in [-0.2, 0) is 9.59 Å². The average molecular weight is 731 g/mol. The van der Waals surface area contributed by atoms with E-state index >= 15 is 0 Å². The smallest absolute Gasteiger partial charge is 0.220 e. The van der Waals surface area contributed by atoms with Gasteiger partial charge in [-0.25, -0.2) is 4.98 Å². The van der Waals surface area contributed by atoms with Gasteiger partial charge in [0.2, 0.25) is 5.91 Å². The second-order valence-corrected chi connectivity index (χ2v) is 17.8. The van der Waals surface area contributed by atoms with E-state index in [0.29, 0.717) is 36.8 Å². The number of rotatable bonds is 13. The number of allylic oxidation sites excluding steroid dienone is 4. The van der Waals surface area contributed by atoms with E-state index in [1.807, 2.05) is 30.8 Å². The number of fused-ring (bicyclic) bond motifs is 1. The number of anilines is 1. The maximum absolute atomic E-state index is 13.8. The van der Waals surface area contributed by atoms with Crippen molar-refractivity contribution in [1.82, 2.24) is 25.0 Å². The van der Waals surface area contributed by atoms with Crippen LogP contribution in [0.4, 0.5) is 5.82 Å². The number of carbonyl (C=O) groups is 3. The topological polar surface area (TPSA) is 100 Å². The van der Waals surface area contributed by atoms with Gasteiger partial charge in [0, 0.05) is 87.3 Å². The Labute approximate surface area is 320 Å². The summed E-state index contributed by atoms with van der Waals surface area (Å²) in [5.74, 6) is 4.14. The molecule has 5 fully saturated rings. The molecule has 1 saturated heterocycles. The van der Waals surface area contributed by atoms with Crippen LogP contribution in [0.2, 0.25) is 0 Å². The molecule has 1 aromatic carbocycles. The van der Waals surface area contributed by atoms with Crippen molar-refractivity contribution in [3.05, 3.63) is 65.0 Å². The summed E-state index contributed by atoms with van der Waals surface area (Å²) < 4.78 is 1.97. The molecule has 1 aliphatic heterocycles. The summed E-state index contributed by atoms with van der Waals surface area (Å²) in [6.45, 7) is 13.4. The molecule has 1 N–H and O–H groups in total. The molecule has 54 heavy (non-hydrogen) atoms. The van der Waals surface area contributed by atoms with E-state index in [2.05, 4.69) is 58.3 Å². The number of hydrogen-bond acceptors (Lipinski definition) is 7. The largest absolute Gasteiger partial charge is 0.355 e. The molecule has 6 aliphatic rings. The molecule has 1 amide bonds. The van der Waals surface area contributed by atoms with E-state index in [0.717, 1.165) is 101 Å². The van der Waals surface area contributed by atoms with Crippen molar-refractivity contribution in [2.45, 2.75) is 104 Å². The Morgan fingerprint density at radius 3 is 2.30 bits per heavy atom. The van der Waals surface area contributed by atoms with Gasteiger partial charge in [-0.3, -0.25) is 24.0 Å². The first-order valence-corrected chi connectivity index (χ1v) is 20.7. The van der Waals surface area contributed by atoms with Crippen molar-refractivity contribution in [3.8, 4) is 11.1 Å². The maximum atomic E-state index is 13.8. The molecule has 5 aliphatic carbocycles. The van der Waals surface area contributed by atoms with Gasteiger partial charge in [0.1, 0.15) is 5.82 Å². The highest BCUT2D eigenvalue weighted by molar-refractivity contribution is 6.09. The number of piperazine rings is 1. The highest BCUT2D eigenvalue weighted by atomic mass is 16.1. The van der Waals surface area contributed by atoms with Gasteiger partial charge < -0.3 is 10.2 Å². The first-order valence-electron chi connectivity index (χ1n) is 20.7. The number of pyridine rings is 1. The monoisotopic (exact) mass is 730 g/mol. The standard InChI is InChI=1S/C45H58N6O3/c1-29(2)51-40-23-36(22-38(39(40)28-48-51)41(52)7-6-37-31(4)17-30(3)18-42(37)53)35-5-8-43(47-27-35)50-15-13-49(14-16-50)12-11-46-44(54)9-10-45-24-32-19-33(25-45)21-34(20-32)26-45/h5,8,17,22-23,27-29,32-34H,6-7,9-16,18-21,24-26H2,1-4H3,(H,46,54). The molecule has 2 aromatic heterocycles. The maximum Gasteiger partial charge on any atom is 0.220 e. The van der Waals surface area contributed by atoms with E-state index in [-0.39, 0.29) is 29.9 Å². The normalized spacial score (nSPS) is 25.6. The number of benzene rings is 1. The van der Waals surface area contributed by atoms with Crippen molar-refractivity contribution in [3.63, 3.8) is 0 Å². The molecule has 9 nitrogen and oxygen atoms in total. The zero-order chi connectivity index (χ0) is 37.6. The molecule has 9 heteroatoms. The Morgan fingerprint density at radius 1 is 0.926 bits per heavy atom. The Morgan fingerprint density at radius 2 is 1.65 bits per heavy atom. The quantitative estimate of drug-likeness (QED) is 0.177. The minimum absolute atomic E-state index is 0.0177. The molecule has 3 heterocycles. The number of ketones is 2. The lowest BCUT2D eigenvalue weighted by Crippen LogP contribution is -2.49. The van der Waals surface area contributed by atoms with E-state index in [1.54, 1.807) is 6.20 Å². The number of carbonyl (C=O) groups excluding carboxylic acids is 3. The van der Waals surface area contributed by atoms with Crippen LogP contribution in [0.15, 0.2) is 59.5 Å². The van der Waals surface area contributed by atoms with E-state index in [1.165, 1.54) is 38.5 Å². The van der Waals surface area contributed by atoms with Crippen molar-refractivity contribution in [2.75, 3.05) is 44.2 Å². The molecule has 9 rings (SSSR count). The van der Waals surface area contributed by atoms with Crippen LogP contribution in [-0.4, -0.2) is 76.4 Å². The number of hydrogen-bond donors (Lipinski definition) is 1. The lowest BCUT2D eigenvalue weighted by molar-refractivity contribution is -0.123. The van der Waals surface area contributed by atoms with Crippen LogP contribution in [0.25, 0.3) is 22.0 Å². The molecule has 4 saturated carbocycles. The van der Waals surface area contributed by atoms with Crippen molar-refractivity contribution < 1.29 is 14.4 Å². The summed E-state index contributed by atoms with van der Waals surface area (Å²) in [6.07, 6.45) is 17.2. The average Bonchev–Trinajstić information content (AvgIpc) is 3.58. The third kappa shape index (κ3) is 7.71. The van der Waals surface area contributed by atoms with Gasteiger partial charge in [0.05, 0.1) is 11.7 Å². The van der Waals surface area contributed by atoms with Gasteiger partial charge in [-0.05, 0) is 143 Å². The van der Waals surface area contributed by atoms with E-state index < -0.39 is 0 Å². The molecule has 286 valence electrons. The van der Waals surface area contributed by atoms with Gasteiger partial charge in [-0.1, -0.05) is 11.6 Å². The summed E-state index contributed by atoms with van der Waals surface area (Å²) in [6, 6.07) is 8.40. The third-order valence-electron chi connectivity index (χ3n) is 13.4. The molecule has 4 bridgehead atoms. The number of nitrogens with one attached hydrogen (secondary N) is 1. The minimum Gasteiger partial charge on any atom is -0.355 e. The fraction of sp³-hybridized carbons (Fsp3) is 0.578. The van der Waals surface area contributed by atoms with Crippen molar-refractivity contribution in [1.29, 1.82) is 0 Å². The van der Waals surface area contributed by atoms with Crippen molar-refractivity contribution in [2.24, 2.45) is 23.2 Å². The molecule has 0 spiro atoms. The zero-order valence-corrected chi connectivity index (χ0v) is 32.8. The molecule has 0 atom stereocenters. The van der Waals surface area contributed by atoms with E-state index in [9.17, 15) is 14.4 Å². The summed E-state index contributed by atoms with van der Waals surface area (Å²) in [7, 11) is 0. The van der Waals surface area contributed by atoms with Crippen LogP contribution >= 0.6 is 0 Å². The first kappa shape index (κ1) is 36.8.